The van der Waals surface area contributed by atoms with E-state index in [-0.39, 0.29) is 17.6 Å². The summed E-state index contributed by atoms with van der Waals surface area (Å²) in [5.74, 6) is 0.203. The molecule has 0 radical (unpaired) electrons. The number of hydrogen-bond acceptors (Lipinski definition) is 2. The summed E-state index contributed by atoms with van der Waals surface area (Å²) >= 11 is 5.77. The molecule has 0 bridgehead atoms. The van der Waals surface area contributed by atoms with E-state index in [0.717, 1.165) is 29.7 Å². The Morgan fingerprint density at radius 2 is 1.63 bits per heavy atom. The summed E-state index contributed by atoms with van der Waals surface area (Å²) in [6.07, 6.45) is 1.66. The fourth-order valence-electron chi connectivity index (χ4n) is 2.36. The van der Waals surface area contributed by atoms with Crippen molar-refractivity contribution in [2.75, 3.05) is 0 Å². The van der Waals surface area contributed by atoms with Crippen molar-refractivity contribution in [3.05, 3.63) is 41.0 Å². The smallest absolute Gasteiger partial charge is 0.203 e. The average Bonchev–Trinajstić information content (AvgIpc) is 2.72. The van der Waals surface area contributed by atoms with Gasteiger partial charge < -0.3 is 10.2 Å². The SMILES string of the molecule is CCc1cccc(CC)c1-n1c(O)cc(CCl)c1O. The zero-order chi connectivity index (χ0) is 14.0. The Bertz CT molecular complexity index is 568. The molecule has 19 heavy (non-hydrogen) atoms. The Hall–Kier alpha value is -1.61. The van der Waals surface area contributed by atoms with Crippen molar-refractivity contribution in [3.63, 3.8) is 0 Å². The third-order valence-electron chi connectivity index (χ3n) is 3.36. The number of hydrogen-bond donors (Lipinski definition) is 2. The highest BCUT2D eigenvalue weighted by Crippen LogP contribution is 2.35. The van der Waals surface area contributed by atoms with Gasteiger partial charge in [-0.2, -0.15) is 0 Å². The van der Waals surface area contributed by atoms with Gasteiger partial charge in [-0.05, 0) is 24.0 Å². The van der Waals surface area contributed by atoms with Gasteiger partial charge in [-0.3, -0.25) is 4.57 Å². The Morgan fingerprint density at radius 1 is 1.05 bits per heavy atom. The molecule has 0 aliphatic carbocycles. The minimum atomic E-state index is 0.0168. The molecule has 0 atom stereocenters. The van der Waals surface area contributed by atoms with Gasteiger partial charge in [0.15, 0.2) is 5.88 Å². The molecule has 3 nitrogen and oxygen atoms in total. The van der Waals surface area contributed by atoms with Crippen LogP contribution in [0.2, 0.25) is 0 Å². The number of benzene rings is 1. The van der Waals surface area contributed by atoms with Crippen LogP contribution in [0.4, 0.5) is 0 Å². The van der Waals surface area contributed by atoms with Crippen molar-refractivity contribution >= 4 is 11.6 Å². The number of aryl methyl sites for hydroxylation is 2. The summed E-state index contributed by atoms with van der Waals surface area (Å²) in [5.41, 5.74) is 3.56. The summed E-state index contributed by atoms with van der Waals surface area (Å²) in [6.45, 7) is 4.11. The van der Waals surface area contributed by atoms with Crippen LogP contribution in [0.3, 0.4) is 0 Å². The van der Waals surface area contributed by atoms with E-state index >= 15 is 0 Å². The largest absolute Gasteiger partial charge is 0.494 e. The molecule has 1 heterocycles. The van der Waals surface area contributed by atoms with Gasteiger partial charge in [0.1, 0.15) is 0 Å². The van der Waals surface area contributed by atoms with Gasteiger partial charge in [0.05, 0.1) is 11.6 Å². The lowest BCUT2D eigenvalue weighted by Gasteiger charge is -2.16. The van der Waals surface area contributed by atoms with E-state index in [1.807, 2.05) is 18.2 Å². The van der Waals surface area contributed by atoms with E-state index in [1.54, 1.807) is 0 Å². The van der Waals surface area contributed by atoms with Crippen LogP contribution in [0.5, 0.6) is 11.8 Å². The fourth-order valence-corrected chi connectivity index (χ4v) is 2.55. The topological polar surface area (TPSA) is 45.4 Å². The number of para-hydroxylation sites is 1. The van der Waals surface area contributed by atoms with Gasteiger partial charge in [-0.1, -0.05) is 32.0 Å². The first-order chi connectivity index (χ1) is 9.13. The average molecular weight is 280 g/mol. The molecule has 0 fully saturated rings. The van der Waals surface area contributed by atoms with Gasteiger partial charge in [-0.15, -0.1) is 11.6 Å². The molecule has 2 aromatic rings. The number of rotatable bonds is 4. The van der Waals surface area contributed by atoms with Gasteiger partial charge in [0, 0.05) is 11.6 Å². The van der Waals surface area contributed by atoms with Crippen molar-refractivity contribution in [3.8, 4) is 17.4 Å². The molecule has 0 spiro atoms. The zero-order valence-corrected chi connectivity index (χ0v) is 11.9. The van der Waals surface area contributed by atoms with E-state index in [9.17, 15) is 10.2 Å². The molecule has 1 aromatic heterocycles. The Balaban J connectivity index is 2.74. The second kappa shape index (κ2) is 5.57. The molecular weight excluding hydrogens is 262 g/mol. The molecule has 0 amide bonds. The third-order valence-corrected chi connectivity index (χ3v) is 3.65. The van der Waals surface area contributed by atoms with E-state index in [2.05, 4.69) is 13.8 Å². The molecule has 2 rings (SSSR count). The van der Waals surface area contributed by atoms with Crippen LogP contribution < -0.4 is 0 Å². The summed E-state index contributed by atoms with van der Waals surface area (Å²) in [5, 5.41) is 20.3. The summed E-state index contributed by atoms with van der Waals surface area (Å²) in [4.78, 5) is 0. The van der Waals surface area contributed by atoms with E-state index in [4.69, 9.17) is 11.6 Å². The van der Waals surface area contributed by atoms with Gasteiger partial charge in [0.25, 0.3) is 0 Å². The Labute approximate surface area is 118 Å². The first-order valence-corrected chi connectivity index (χ1v) is 6.97. The molecule has 4 heteroatoms. The summed E-state index contributed by atoms with van der Waals surface area (Å²) in [7, 11) is 0. The number of aromatic nitrogens is 1. The molecule has 0 unspecified atom stereocenters. The van der Waals surface area contributed by atoms with Crippen LogP contribution in [0.1, 0.15) is 30.5 Å². The second-order valence-electron chi connectivity index (χ2n) is 4.45. The van der Waals surface area contributed by atoms with Gasteiger partial charge >= 0.3 is 0 Å². The minimum absolute atomic E-state index is 0.0168. The second-order valence-corrected chi connectivity index (χ2v) is 4.72. The maximum atomic E-state index is 10.2. The maximum absolute atomic E-state index is 10.2. The van der Waals surface area contributed by atoms with Gasteiger partial charge in [0.2, 0.25) is 5.88 Å². The van der Waals surface area contributed by atoms with Crippen molar-refractivity contribution in [1.82, 2.24) is 4.57 Å². The van der Waals surface area contributed by atoms with E-state index < -0.39 is 0 Å². The van der Waals surface area contributed by atoms with Crippen LogP contribution in [0.15, 0.2) is 24.3 Å². The first kappa shape index (κ1) is 13.8. The summed E-state index contributed by atoms with van der Waals surface area (Å²) < 4.78 is 1.48. The van der Waals surface area contributed by atoms with Crippen molar-refractivity contribution in [2.24, 2.45) is 0 Å². The molecule has 0 saturated heterocycles. The van der Waals surface area contributed by atoms with Crippen molar-refractivity contribution < 1.29 is 10.2 Å². The van der Waals surface area contributed by atoms with Crippen LogP contribution in [0, 0.1) is 0 Å². The Morgan fingerprint density at radius 3 is 2.05 bits per heavy atom. The standard InChI is InChI=1S/C15H18ClNO2/c1-3-10-6-5-7-11(4-2)14(10)17-13(18)8-12(9-16)15(17)19/h5-8,18-19H,3-4,9H2,1-2H3. The predicted octanol–water partition coefficient (Wildman–Crippen LogP) is 3.75. The van der Waals surface area contributed by atoms with Gasteiger partial charge in [-0.25, -0.2) is 0 Å². The zero-order valence-electron chi connectivity index (χ0n) is 11.2. The minimum Gasteiger partial charge on any atom is -0.494 e. The molecule has 1 aromatic carbocycles. The Kier molecular flexibility index (Phi) is 4.05. The van der Waals surface area contributed by atoms with Crippen LogP contribution in [0.25, 0.3) is 5.69 Å². The highest BCUT2D eigenvalue weighted by Gasteiger charge is 2.18. The number of aromatic hydroxyl groups is 2. The quantitative estimate of drug-likeness (QED) is 0.837. The number of halogens is 1. The van der Waals surface area contributed by atoms with Crippen molar-refractivity contribution in [1.29, 1.82) is 0 Å². The van der Waals surface area contributed by atoms with Crippen LogP contribution in [-0.4, -0.2) is 14.8 Å². The highest BCUT2D eigenvalue weighted by atomic mass is 35.5. The molecule has 0 aliphatic rings. The summed E-state index contributed by atoms with van der Waals surface area (Å²) in [6, 6.07) is 7.52. The fraction of sp³-hybridized carbons (Fsp3) is 0.333. The predicted molar refractivity (Wildman–Crippen MR) is 77.4 cm³/mol. The molecule has 102 valence electrons. The van der Waals surface area contributed by atoms with E-state index in [0.29, 0.717) is 5.56 Å². The molecule has 2 N–H and O–H groups in total. The lowest BCUT2D eigenvalue weighted by Crippen LogP contribution is -2.03. The number of nitrogens with zero attached hydrogens (tertiary/aromatic N) is 1. The number of alkyl halides is 1. The lowest BCUT2D eigenvalue weighted by molar-refractivity contribution is 0.400. The maximum Gasteiger partial charge on any atom is 0.203 e. The monoisotopic (exact) mass is 279 g/mol. The van der Waals surface area contributed by atoms with E-state index in [1.165, 1.54) is 10.6 Å². The molecular formula is C15H18ClNO2. The van der Waals surface area contributed by atoms with Crippen LogP contribution in [-0.2, 0) is 18.7 Å². The molecule has 0 saturated carbocycles. The van der Waals surface area contributed by atoms with Crippen LogP contribution >= 0.6 is 11.6 Å². The first-order valence-electron chi connectivity index (χ1n) is 6.43. The highest BCUT2D eigenvalue weighted by molar-refractivity contribution is 6.17. The molecule has 0 aliphatic heterocycles. The third kappa shape index (κ3) is 2.30. The normalized spacial score (nSPS) is 10.9. The lowest BCUT2D eigenvalue weighted by atomic mass is 10.0. The van der Waals surface area contributed by atoms with Crippen molar-refractivity contribution in [2.45, 2.75) is 32.6 Å².